The number of ether oxygens (including phenoxy) is 1. The number of benzene rings is 1. The first-order valence-electron chi connectivity index (χ1n) is 7.13. The number of methoxy groups -OCH3 is 1. The number of rotatable bonds is 6. The first kappa shape index (κ1) is 16.8. The third-order valence-electron chi connectivity index (χ3n) is 3.59. The summed E-state index contributed by atoms with van der Waals surface area (Å²) in [6, 6.07) is 8.95. The van der Waals surface area contributed by atoms with Crippen LogP contribution in [0.25, 0.3) is 5.76 Å². The number of halogens is 1. The molecule has 1 aliphatic rings. The van der Waals surface area contributed by atoms with Gasteiger partial charge in [-0.05, 0) is 12.8 Å². The number of carbonyl (C=O) groups is 1. The van der Waals surface area contributed by atoms with Crippen LogP contribution in [-0.4, -0.2) is 48.3 Å². The summed E-state index contributed by atoms with van der Waals surface area (Å²) in [5.74, 6) is 0.0115. The minimum Gasteiger partial charge on any atom is -0.466 e. The molecule has 120 valence electrons. The zero-order valence-corrected chi connectivity index (χ0v) is 13.4. The van der Waals surface area contributed by atoms with E-state index in [2.05, 4.69) is 0 Å². The van der Waals surface area contributed by atoms with Crippen LogP contribution in [0.5, 0.6) is 0 Å². The van der Waals surface area contributed by atoms with Gasteiger partial charge in [0.05, 0.1) is 18.5 Å². The number of hydrogen-bond acceptors (Lipinski definition) is 5. The van der Waals surface area contributed by atoms with Crippen LogP contribution in [0.3, 0.4) is 0 Å². The zero-order chi connectivity index (χ0) is 16.1. The van der Waals surface area contributed by atoms with Crippen molar-refractivity contribution in [3.8, 4) is 0 Å². The molecule has 0 spiro atoms. The second kappa shape index (κ2) is 7.63. The molecule has 1 aromatic rings. The van der Waals surface area contributed by atoms with E-state index in [1.807, 2.05) is 30.3 Å². The molecule has 5 nitrogen and oxygen atoms in total. The van der Waals surface area contributed by atoms with Crippen molar-refractivity contribution in [1.29, 1.82) is 0 Å². The summed E-state index contributed by atoms with van der Waals surface area (Å²) in [5.41, 5.74) is 1.21. The van der Waals surface area contributed by atoms with E-state index in [1.54, 1.807) is 12.1 Å². The summed E-state index contributed by atoms with van der Waals surface area (Å²) >= 11 is 6.43. The predicted octanol–water partition coefficient (Wildman–Crippen LogP) is 2.20. The molecule has 22 heavy (non-hydrogen) atoms. The quantitative estimate of drug-likeness (QED) is 0.642. The largest absolute Gasteiger partial charge is 0.466 e. The lowest BCUT2D eigenvalue weighted by Crippen LogP contribution is -2.37. The van der Waals surface area contributed by atoms with Gasteiger partial charge in [0.15, 0.2) is 5.76 Å². The first-order valence-corrected chi connectivity index (χ1v) is 7.57. The van der Waals surface area contributed by atoms with Gasteiger partial charge in [-0.2, -0.15) is 0 Å². The molecular weight excluding hydrogens is 306 g/mol. The topological polar surface area (TPSA) is 59.0 Å². The maximum absolute atomic E-state index is 12.2. The molecule has 0 bridgehead atoms. The van der Waals surface area contributed by atoms with E-state index < -0.39 is 12.0 Å². The monoisotopic (exact) mass is 325 g/mol. The standard InChI is InChI=1S/C16H20ClNO4/c1-18-14(12(17)9-6-10-19)13(16(20)21-2)15(22-18)11-7-4-3-5-8-11/h3-5,7-8,12,14,19H,6,9-10H2,1-2H3/t12-,14-/m0/s1. The Morgan fingerprint density at radius 2 is 2.14 bits per heavy atom. The number of esters is 1. The van der Waals surface area contributed by atoms with E-state index in [-0.39, 0.29) is 12.0 Å². The maximum Gasteiger partial charge on any atom is 0.339 e. The van der Waals surface area contributed by atoms with Crippen molar-refractivity contribution in [2.24, 2.45) is 0 Å². The Morgan fingerprint density at radius 1 is 1.45 bits per heavy atom. The van der Waals surface area contributed by atoms with Crippen LogP contribution in [0.4, 0.5) is 0 Å². The van der Waals surface area contributed by atoms with Gasteiger partial charge >= 0.3 is 5.97 Å². The summed E-state index contributed by atoms with van der Waals surface area (Å²) in [5, 5.41) is 10.2. The van der Waals surface area contributed by atoms with Crippen molar-refractivity contribution in [1.82, 2.24) is 5.06 Å². The smallest absolute Gasteiger partial charge is 0.339 e. The summed E-state index contributed by atoms with van der Waals surface area (Å²) in [6.45, 7) is 0.0589. The Labute approximate surface area is 135 Å². The third kappa shape index (κ3) is 3.43. The van der Waals surface area contributed by atoms with Gasteiger partial charge in [0, 0.05) is 19.2 Å². The second-order valence-corrected chi connectivity index (χ2v) is 5.63. The van der Waals surface area contributed by atoms with Gasteiger partial charge in [-0.25, -0.2) is 4.79 Å². The molecule has 0 saturated heterocycles. The molecule has 1 heterocycles. The molecule has 0 saturated carbocycles. The molecule has 0 radical (unpaired) electrons. The van der Waals surface area contributed by atoms with Gasteiger partial charge in [0.2, 0.25) is 0 Å². The maximum atomic E-state index is 12.2. The average Bonchev–Trinajstić information content (AvgIpc) is 2.90. The Hall–Kier alpha value is -1.56. The molecule has 1 aromatic carbocycles. The number of likely N-dealkylation sites (N-methyl/N-ethyl adjacent to an activating group) is 1. The number of alkyl halides is 1. The second-order valence-electron chi connectivity index (χ2n) is 5.06. The van der Waals surface area contributed by atoms with Gasteiger partial charge in [0.1, 0.15) is 5.57 Å². The molecule has 2 rings (SSSR count). The lowest BCUT2D eigenvalue weighted by molar-refractivity contribution is -0.137. The normalized spacial score (nSPS) is 19.9. The fourth-order valence-corrected chi connectivity index (χ4v) is 2.98. The van der Waals surface area contributed by atoms with Gasteiger partial charge < -0.3 is 14.7 Å². The summed E-state index contributed by atoms with van der Waals surface area (Å²) in [7, 11) is 3.07. The van der Waals surface area contributed by atoms with Gasteiger partial charge in [-0.15, -0.1) is 16.7 Å². The zero-order valence-electron chi connectivity index (χ0n) is 12.7. The Kier molecular flexibility index (Phi) is 5.83. The van der Waals surface area contributed by atoms with E-state index in [0.29, 0.717) is 24.2 Å². The molecule has 0 aromatic heterocycles. The van der Waals surface area contributed by atoms with Crippen LogP contribution in [-0.2, 0) is 14.4 Å². The summed E-state index contributed by atoms with van der Waals surface area (Å²) < 4.78 is 4.91. The first-order chi connectivity index (χ1) is 10.6. The van der Waals surface area contributed by atoms with Crippen LogP contribution < -0.4 is 0 Å². The number of hydroxylamine groups is 2. The molecule has 0 aliphatic carbocycles. The Balaban J connectivity index is 2.40. The minimum absolute atomic E-state index is 0.0589. The Bertz CT molecular complexity index is 546. The van der Waals surface area contributed by atoms with E-state index in [9.17, 15) is 4.79 Å². The van der Waals surface area contributed by atoms with E-state index in [4.69, 9.17) is 26.3 Å². The van der Waals surface area contributed by atoms with Crippen molar-refractivity contribution >= 4 is 23.3 Å². The third-order valence-corrected chi connectivity index (χ3v) is 4.05. The highest BCUT2D eigenvalue weighted by molar-refractivity contribution is 6.22. The number of nitrogens with zero attached hydrogens (tertiary/aromatic N) is 1. The number of carbonyl (C=O) groups excluding carboxylic acids is 1. The van der Waals surface area contributed by atoms with Crippen molar-refractivity contribution in [3.63, 3.8) is 0 Å². The number of aliphatic hydroxyl groups is 1. The SMILES string of the molecule is COC(=O)C1=C(c2ccccc2)ON(C)[C@H]1[C@@H](Cl)CCCO. The molecule has 6 heteroatoms. The molecule has 2 atom stereocenters. The molecular formula is C16H20ClNO4. The molecule has 0 unspecified atom stereocenters. The van der Waals surface area contributed by atoms with E-state index >= 15 is 0 Å². The summed E-state index contributed by atoms with van der Waals surface area (Å²) in [4.78, 5) is 18.0. The van der Waals surface area contributed by atoms with Crippen LogP contribution in [0.15, 0.2) is 35.9 Å². The van der Waals surface area contributed by atoms with Crippen molar-refractivity contribution in [2.45, 2.75) is 24.3 Å². The fourth-order valence-electron chi connectivity index (χ4n) is 2.54. The number of aliphatic hydroxyl groups excluding tert-OH is 1. The van der Waals surface area contributed by atoms with Crippen LogP contribution in [0.1, 0.15) is 18.4 Å². The lowest BCUT2D eigenvalue weighted by Gasteiger charge is -2.24. The fraction of sp³-hybridized carbons (Fsp3) is 0.438. The van der Waals surface area contributed by atoms with Crippen LogP contribution in [0, 0.1) is 0 Å². The highest BCUT2D eigenvalue weighted by Crippen LogP contribution is 2.36. The van der Waals surface area contributed by atoms with Crippen molar-refractivity contribution in [2.75, 3.05) is 20.8 Å². The summed E-state index contributed by atoms with van der Waals surface area (Å²) in [6.07, 6.45) is 1.13. The molecule has 0 fully saturated rings. The minimum atomic E-state index is -0.456. The van der Waals surface area contributed by atoms with E-state index in [0.717, 1.165) is 5.56 Å². The molecule has 1 aliphatic heterocycles. The highest BCUT2D eigenvalue weighted by Gasteiger charge is 2.42. The number of hydrogen-bond donors (Lipinski definition) is 1. The Morgan fingerprint density at radius 3 is 2.73 bits per heavy atom. The average molecular weight is 326 g/mol. The highest BCUT2D eigenvalue weighted by atomic mass is 35.5. The van der Waals surface area contributed by atoms with Gasteiger partial charge in [-0.1, -0.05) is 30.3 Å². The van der Waals surface area contributed by atoms with Gasteiger partial charge in [0.25, 0.3) is 0 Å². The van der Waals surface area contributed by atoms with Crippen LogP contribution >= 0.6 is 11.6 Å². The van der Waals surface area contributed by atoms with Gasteiger partial charge in [-0.3, -0.25) is 0 Å². The molecule has 0 amide bonds. The lowest BCUT2D eigenvalue weighted by atomic mass is 9.97. The van der Waals surface area contributed by atoms with Crippen LogP contribution in [0.2, 0.25) is 0 Å². The predicted molar refractivity (Wildman–Crippen MR) is 84.0 cm³/mol. The van der Waals surface area contributed by atoms with Crippen molar-refractivity contribution in [3.05, 3.63) is 41.5 Å². The molecule has 1 N–H and O–H groups in total. The van der Waals surface area contributed by atoms with E-state index in [1.165, 1.54) is 7.11 Å². The van der Waals surface area contributed by atoms with Crippen molar-refractivity contribution < 1.29 is 19.5 Å².